The number of benzene rings is 5. The van der Waals surface area contributed by atoms with Crippen LogP contribution in [0, 0.1) is 0 Å². The van der Waals surface area contributed by atoms with Gasteiger partial charge in [0.15, 0.2) is 0 Å². The highest BCUT2D eigenvalue weighted by molar-refractivity contribution is 6.36. The van der Waals surface area contributed by atoms with E-state index in [9.17, 15) is 0 Å². The first kappa shape index (κ1) is 20.9. The zero-order valence-corrected chi connectivity index (χ0v) is 19.7. The largest absolute Gasteiger partial charge is 0.354 e. The van der Waals surface area contributed by atoms with Crippen LogP contribution in [0.2, 0.25) is 10.0 Å². The molecule has 4 heteroatoms. The second-order valence-corrected chi connectivity index (χ2v) is 9.03. The van der Waals surface area contributed by atoms with E-state index in [1.54, 1.807) is 0 Å². The lowest BCUT2D eigenvalue weighted by atomic mass is 9.99. The summed E-state index contributed by atoms with van der Waals surface area (Å²) in [5, 5.41) is 3.63. The van der Waals surface area contributed by atoms with Crippen LogP contribution in [0.3, 0.4) is 0 Å². The fourth-order valence-electron chi connectivity index (χ4n) is 4.65. The van der Waals surface area contributed by atoms with Crippen LogP contribution >= 0.6 is 23.2 Å². The summed E-state index contributed by atoms with van der Waals surface area (Å²) in [7, 11) is 0. The number of aromatic nitrogens is 1. The Hall–Kier alpha value is -3.72. The van der Waals surface area contributed by atoms with E-state index in [0.29, 0.717) is 10.0 Å². The fraction of sp³-hybridized carbons (Fsp3) is 0. The number of halogens is 2. The van der Waals surface area contributed by atoms with Crippen molar-refractivity contribution in [3.63, 3.8) is 0 Å². The molecular weight excluding hydrogens is 459 g/mol. The van der Waals surface area contributed by atoms with Crippen molar-refractivity contribution >= 4 is 62.1 Å². The van der Waals surface area contributed by atoms with E-state index in [1.807, 2.05) is 30.3 Å². The predicted octanol–water partition coefficient (Wildman–Crippen LogP) is 9.76. The lowest BCUT2D eigenvalue weighted by molar-refractivity contribution is 1.28. The summed E-state index contributed by atoms with van der Waals surface area (Å²) >= 11 is 13.2. The van der Waals surface area contributed by atoms with E-state index in [-0.39, 0.29) is 0 Å². The highest BCUT2D eigenvalue weighted by atomic mass is 35.5. The second kappa shape index (κ2) is 8.57. The van der Waals surface area contributed by atoms with Crippen LogP contribution in [0.5, 0.6) is 0 Å². The van der Waals surface area contributed by atoms with Gasteiger partial charge in [-0.05, 0) is 48.5 Å². The molecule has 0 aliphatic rings. The fourth-order valence-corrected chi connectivity index (χ4v) is 5.08. The van der Waals surface area contributed by atoms with E-state index in [2.05, 4.69) is 94.8 Å². The van der Waals surface area contributed by atoms with Gasteiger partial charge in [-0.25, -0.2) is 0 Å². The molecule has 1 N–H and O–H groups in total. The molecule has 1 heterocycles. The summed E-state index contributed by atoms with van der Waals surface area (Å²) in [5.41, 5.74) is 7.21. The summed E-state index contributed by atoms with van der Waals surface area (Å²) in [4.78, 5) is 5.85. The van der Waals surface area contributed by atoms with Crippen LogP contribution in [0.1, 0.15) is 0 Å². The second-order valence-electron chi connectivity index (χ2n) is 8.18. The number of hydrogen-bond acceptors (Lipinski definition) is 1. The zero-order valence-electron chi connectivity index (χ0n) is 18.2. The van der Waals surface area contributed by atoms with Crippen molar-refractivity contribution in [2.45, 2.75) is 0 Å². The Morgan fingerprint density at radius 3 is 1.91 bits per heavy atom. The van der Waals surface area contributed by atoms with E-state index in [1.165, 1.54) is 0 Å². The molecular formula is C30H20Cl2N2. The van der Waals surface area contributed by atoms with Crippen LogP contribution < -0.4 is 4.90 Å². The van der Waals surface area contributed by atoms with Crippen molar-refractivity contribution in [1.29, 1.82) is 0 Å². The summed E-state index contributed by atoms with van der Waals surface area (Å²) in [5.74, 6) is 0. The average Bonchev–Trinajstić information content (AvgIpc) is 3.23. The molecule has 6 rings (SSSR count). The predicted molar refractivity (Wildman–Crippen MR) is 146 cm³/mol. The van der Waals surface area contributed by atoms with Crippen LogP contribution in [-0.4, -0.2) is 4.98 Å². The molecule has 2 nitrogen and oxygen atoms in total. The Kier molecular flexibility index (Phi) is 5.26. The molecule has 6 aromatic rings. The Labute approximate surface area is 208 Å². The molecule has 0 unspecified atom stereocenters. The molecule has 164 valence electrons. The SMILES string of the molecule is Clc1ccc2c(c1)[nH]c1c(-c3ccccc3N(c3ccccc3)c3ccccc3)c(Cl)ccc12. The van der Waals surface area contributed by atoms with E-state index in [4.69, 9.17) is 23.2 Å². The molecule has 0 bridgehead atoms. The molecule has 0 fully saturated rings. The van der Waals surface area contributed by atoms with E-state index >= 15 is 0 Å². The quantitative estimate of drug-likeness (QED) is 0.267. The number of nitrogens with zero attached hydrogens (tertiary/aromatic N) is 1. The summed E-state index contributed by atoms with van der Waals surface area (Å²) in [6.45, 7) is 0. The summed E-state index contributed by atoms with van der Waals surface area (Å²) in [6.07, 6.45) is 0. The maximum absolute atomic E-state index is 6.90. The van der Waals surface area contributed by atoms with Gasteiger partial charge in [-0.1, -0.05) is 89.9 Å². The van der Waals surface area contributed by atoms with Gasteiger partial charge in [-0.2, -0.15) is 0 Å². The summed E-state index contributed by atoms with van der Waals surface area (Å²) < 4.78 is 0. The molecule has 1 aromatic heterocycles. The Balaban J connectivity index is 1.66. The molecule has 0 saturated carbocycles. The van der Waals surface area contributed by atoms with Gasteiger partial charge in [-0.15, -0.1) is 0 Å². The van der Waals surface area contributed by atoms with Crippen LogP contribution in [0.15, 0.2) is 115 Å². The van der Waals surface area contributed by atoms with Gasteiger partial charge in [0.05, 0.1) is 16.2 Å². The number of H-pyrrole nitrogens is 1. The van der Waals surface area contributed by atoms with Gasteiger partial charge in [0.2, 0.25) is 0 Å². The van der Waals surface area contributed by atoms with Crippen molar-refractivity contribution < 1.29 is 0 Å². The topological polar surface area (TPSA) is 19.0 Å². The van der Waals surface area contributed by atoms with Crippen LogP contribution in [0.4, 0.5) is 17.1 Å². The molecule has 34 heavy (non-hydrogen) atoms. The number of para-hydroxylation sites is 3. The van der Waals surface area contributed by atoms with Crippen LogP contribution in [0.25, 0.3) is 32.9 Å². The number of fused-ring (bicyclic) bond motifs is 3. The van der Waals surface area contributed by atoms with Gasteiger partial charge in [0.25, 0.3) is 0 Å². The number of hydrogen-bond donors (Lipinski definition) is 1. The first-order chi connectivity index (χ1) is 16.7. The lowest BCUT2D eigenvalue weighted by Crippen LogP contribution is -2.11. The molecule has 0 aliphatic carbocycles. The van der Waals surface area contributed by atoms with Crippen molar-refractivity contribution in [1.82, 2.24) is 4.98 Å². The maximum atomic E-state index is 6.90. The number of nitrogens with one attached hydrogen (secondary N) is 1. The molecule has 0 spiro atoms. The number of aromatic amines is 1. The smallest absolute Gasteiger partial charge is 0.0560 e. The Morgan fingerprint density at radius 2 is 1.21 bits per heavy atom. The third-order valence-electron chi connectivity index (χ3n) is 6.13. The Morgan fingerprint density at radius 1 is 0.588 bits per heavy atom. The third kappa shape index (κ3) is 3.52. The highest BCUT2D eigenvalue weighted by Crippen LogP contribution is 2.45. The van der Waals surface area contributed by atoms with Crippen LogP contribution in [-0.2, 0) is 0 Å². The monoisotopic (exact) mass is 478 g/mol. The van der Waals surface area contributed by atoms with E-state index < -0.39 is 0 Å². The van der Waals surface area contributed by atoms with Gasteiger partial charge in [0.1, 0.15) is 0 Å². The Bertz CT molecular complexity index is 1580. The molecule has 0 atom stereocenters. The maximum Gasteiger partial charge on any atom is 0.0560 e. The molecule has 0 aliphatic heterocycles. The van der Waals surface area contributed by atoms with Gasteiger partial charge in [-0.3, -0.25) is 0 Å². The van der Waals surface area contributed by atoms with E-state index in [0.717, 1.165) is 50.0 Å². The van der Waals surface area contributed by atoms with Crippen molar-refractivity contribution in [2.75, 3.05) is 4.90 Å². The number of anilines is 3. The van der Waals surface area contributed by atoms with Gasteiger partial charge < -0.3 is 9.88 Å². The molecule has 5 aromatic carbocycles. The minimum Gasteiger partial charge on any atom is -0.354 e. The van der Waals surface area contributed by atoms with Crippen molar-refractivity contribution in [3.05, 3.63) is 125 Å². The molecule has 0 saturated heterocycles. The minimum atomic E-state index is 0.693. The highest BCUT2D eigenvalue weighted by Gasteiger charge is 2.20. The van der Waals surface area contributed by atoms with Gasteiger partial charge in [0, 0.05) is 43.8 Å². The zero-order chi connectivity index (χ0) is 23.1. The van der Waals surface area contributed by atoms with Crippen molar-refractivity contribution in [3.8, 4) is 11.1 Å². The summed E-state index contributed by atoms with van der Waals surface area (Å²) in [6, 6.07) is 39.2. The normalized spacial score (nSPS) is 11.2. The first-order valence-corrected chi connectivity index (χ1v) is 11.9. The average molecular weight is 479 g/mol. The molecule has 0 amide bonds. The third-order valence-corrected chi connectivity index (χ3v) is 6.68. The lowest BCUT2D eigenvalue weighted by Gasteiger charge is -2.28. The van der Waals surface area contributed by atoms with Gasteiger partial charge >= 0.3 is 0 Å². The molecule has 0 radical (unpaired) electrons. The minimum absolute atomic E-state index is 0.693. The number of rotatable bonds is 4. The standard InChI is InChI=1S/C30H20Cl2N2/c31-20-15-16-23-24-17-18-26(32)29(30(24)33-27(23)19-20)25-13-7-8-14-28(25)34(21-9-3-1-4-10-21)22-11-5-2-6-12-22/h1-19,33H. The first-order valence-electron chi connectivity index (χ1n) is 11.1. The van der Waals surface area contributed by atoms with Crippen molar-refractivity contribution in [2.24, 2.45) is 0 Å².